The zero-order valence-corrected chi connectivity index (χ0v) is 12.2. The normalized spacial score (nSPS) is 21.9. The maximum absolute atomic E-state index is 11.9. The van der Waals surface area contributed by atoms with Crippen LogP contribution in [0.4, 0.5) is 0 Å². The van der Waals surface area contributed by atoms with E-state index < -0.39 is 0 Å². The quantitative estimate of drug-likeness (QED) is 0.793. The van der Waals surface area contributed by atoms with Crippen LogP contribution in [0, 0.1) is 0 Å². The fourth-order valence-corrected chi connectivity index (χ4v) is 2.73. The van der Waals surface area contributed by atoms with Gasteiger partial charge in [0.05, 0.1) is 12.1 Å². The molecule has 2 rings (SSSR count). The highest BCUT2D eigenvalue weighted by molar-refractivity contribution is 5.76. The zero-order chi connectivity index (χ0) is 14.3. The van der Waals surface area contributed by atoms with Crippen LogP contribution < -0.4 is 10.6 Å². The van der Waals surface area contributed by atoms with Crippen LogP contribution in [0.5, 0.6) is 0 Å². The molecular formula is C16H24N2O2. The fraction of sp³-hybridized carbons (Fsp3) is 0.562. The van der Waals surface area contributed by atoms with Gasteiger partial charge in [-0.3, -0.25) is 4.79 Å². The SMILES string of the molecule is COCC1(CNC(=O)CCc2ccccc2)CCCN1. The molecule has 0 aliphatic carbocycles. The van der Waals surface area contributed by atoms with Crippen molar-refractivity contribution in [1.29, 1.82) is 0 Å². The van der Waals surface area contributed by atoms with Gasteiger partial charge in [-0.15, -0.1) is 0 Å². The molecular weight excluding hydrogens is 252 g/mol. The van der Waals surface area contributed by atoms with E-state index in [4.69, 9.17) is 4.74 Å². The topological polar surface area (TPSA) is 50.4 Å². The summed E-state index contributed by atoms with van der Waals surface area (Å²) >= 11 is 0. The number of rotatable bonds is 7. The monoisotopic (exact) mass is 276 g/mol. The molecule has 1 atom stereocenters. The fourth-order valence-electron chi connectivity index (χ4n) is 2.73. The Hall–Kier alpha value is -1.39. The highest BCUT2D eigenvalue weighted by Crippen LogP contribution is 2.18. The lowest BCUT2D eigenvalue weighted by atomic mass is 9.98. The third-order valence-electron chi connectivity index (χ3n) is 3.86. The van der Waals surface area contributed by atoms with Gasteiger partial charge in [0.25, 0.3) is 0 Å². The van der Waals surface area contributed by atoms with Crippen LogP contribution in [-0.2, 0) is 16.0 Å². The molecule has 1 amide bonds. The van der Waals surface area contributed by atoms with Crippen molar-refractivity contribution < 1.29 is 9.53 Å². The van der Waals surface area contributed by atoms with Gasteiger partial charge in [0.1, 0.15) is 0 Å². The van der Waals surface area contributed by atoms with Crippen LogP contribution in [0.3, 0.4) is 0 Å². The van der Waals surface area contributed by atoms with Crippen molar-refractivity contribution in [3.8, 4) is 0 Å². The molecule has 4 nitrogen and oxygen atoms in total. The summed E-state index contributed by atoms with van der Waals surface area (Å²) in [6.07, 6.45) is 3.52. The van der Waals surface area contributed by atoms with Crippen molar-refractivity contribution in [1.82, 2.24) is 10.6 Å². The summed E-state index contributed by atoms with van der Waals surface area (Å²) in [7, 11) is 1.71. The molecule has 1 aromatic carbocycles. The average molecular weight is 276 g/mol. The Balaban J connectivity index is 1.74. The minimum Gasteiger partial charge on any atom is -0.383 e. The second kappa shape index (κ2) is 7.41. The number of nitrogens with one attached hydrogen (secondary N) is 2. The molecule has 110 valence electrons. The summed E-state index contributed by atoms with van der Waals surface area (Å²) < 4.78 is 5.28. The Kier molecular flexibility index (Phi) is 5.56. The van der Waals surface area contributed by atoms with Gasteiger partial charge in [0.2, 0.25) is 5.91 Å². The maximum Gasteiger partial charge on any atom is 0.220 e. The Morgan fingerprint density at radius 2 is 2.20 bits per heavy atom. The molecule has 0 radical (unpaired) electrons. The van der Waals surface area contributed by atoms with Crippen LogP contribution in [0.25, 0.3) is 0 Å². The molecule has 0 aromatic heterocycles. The van der Waals surface area contributed by atoms with Crippen LogP contribution in [0.15, 0.2) is 30.3 Å². The third kappa shape index (κ3) is 4.32. The Bertz CT molecular complexity index is 414. The summed E-state index contributed by atoms with van der Waals surface area (Å²) in [4.78, 5) is 11.9. The number of aryl methyl sites for hydroxylation is 1. The minimum atomic E-state index is -0.0723. The van der Waals surface area contributed by atoms with E-state index in [1.54, 1.807) is 7.11 Å². The molecule has 4 heteroatoms. The maximum atomic E-state index is 11.9. The number of hydrogen-bond donors (Lipinski definition) is 2. The Labute approximate surface area is 120 Å². The van der Waals surface area contributed by atoms with Gasteiger partial charge in [-0.1, -0.05) is 30.3 Å². The van der Waals surface area contributed by atoms with Crippen molar-refractivity contribution >= 4 is 5.91 Å². The molecule has 2 N–H and O–H groups in total. The predicted octanol–water partition coefficient (Wildman–Crippen LogP) is 1.50. The highest BCUT2D eigenvalue weighted by Gasteiger charge is 2.33. The van der Waals surface area contributed by atoms with Gasteiger partial charge in [-0.2, -0.15) is 0 Å². The first-order valence-electron chi connectivity index (χ1n) is 7.29. The van der Waals surface area contributed by atoms with E-state index >= 15 is 0 Å². The molecule has 0 spiro atoms. The summed E-state index contributed by atoms with van der Waals surface area (Å²) in [5.41, 5.74) is 1.13. The van der Waals surface area contributed by atoms with Gasteiger partial charge < -0.3 is 15.4 Å². The molecule has 1 aromatic rings. The molecule has 1 heterocycles. The summed E-state index contributed by atoms with van der Waals surface area (Å²) in [5.74, 6) is 0.109. The van der Waals surface area contributed by atoms with Gasteiger partial charge >= 0.3 is 0 Å². The first kappa shape index (κ1) is 15.0. The lowest BCUT2D eigenvalue weighted by Crippen LogP contribution is -2.53. The smallest absolute Gasteiger partial charge is 0.220 e. The number of hydrogen-bond acceptors (Lipinski definition) is 3. The zero-order valence-electron chi connectivity index (χ0n) is 12.2. The van der Waals surface area contributed by atoms with Gasteiger partial charge in [-0.05, 0) is 31.4 Å². The second-order valence-corrected chi connectivity index (χ2v) is 5.51. The molecule has 1 unspecified atom stereocenters. The average Bonchev–Trinajstić information content (AvgIpc) is 2.93. The van der Waals surface area contributed by atoms with Crippen molar-refractivity contribution in [3.05, 3.63) is 35.9 Å². The summed E-state index contributed by atoms with van der Waals surface area (Å²) in [6, 6.07) is 10.1. The lowest BCUT2D eigenvalue weighted by molar-refractivity contribution is -0.121. The first-order chi connectivity index (χ1) is 9.74. The van der Waals surface area contributed by atoms with Crippen molar-refractivity contribution in [2.45, 2.75) is 31.2 Å². The molecule has 0 bridgehead atoms. The van der Waals surface area contributed by atoms with Crippen molar-refractivity contribution in [3.63, 3.8) is 0 Å². The number of methoxy groups -OCH3 is 1. The van der Waals surface area contributed by atoms with Crippen LogP contribution in [-0.4, -0.2) is 38.3 Å². The minimum absolute atomic E-state index is 0.0723. The van der Waals surface area contributed by atoms with Crippen LogP contribution in [0.1, 0.15) is 24.8 Å². The van der Waals surface area contributed by atoms with Gasteiger partial charge in [0, 0.05) is 20.1 Å². The summed E-state index contributed by atoms with van der Waals surface area (Å²) in [5, 5.41) is 6.50. The molecule has 1 aliphatic rings. The molecule has 1 fully saturated rings. The number of carbonyl (C=O) groups excluding carboxylic acids is 1. The largest absolute Gasteiger partial charge is 0.383 e. The lowest BCUT2D eigenvalue weighted by Gasteiger charge is -2.29. The van der Waals surface area contributed by atoms with E-state index in [0.29, 0.717) is 19.6 Å². The molecule has 0 saturated carbocycles. The molecule has 1 saturated heterocycles. The third-order valence-corrected chi connectivity index (χ3v) is 3.86. The van der Waals surface area contributed by atoms with E-state index in [1.807, 2.05) is 18.2 Å². The van der Waals surface area contributed by atoms with E-state index in [-0.39, 0.29) is 11.4 Å². The van der Waals surface area contributed by atoms with E-state index in [0.717, 1.165) is 25.8 Å². The van der Waals surface area contributed by atoms with Gasteiger partial charge in [0.15, 0.2) is 0 Å². The number of ether oxygens (including phenoxy) is 1. The Morgan fingerprint density at radius 3 is 2.85 bits per heavy atom. The molecule has 1 aliphatic heterocycles. The van der Waals surface area contributed by atoms with Crippen molar-refractivity contribution in [2.75, 3.05) is 26.8 Å². The standard InChI is InChI=1S/C16H24N2O2/c1-20-13-16(10-5-11-18-16)12-17-15(19)9-8-14-6-3-2-4-7-14/h2-4,6-7,18H,5,8-13H2,1H3,(H,17,19). The van der Waals surface area contributed by atoms with E-state index in [9.17, 15) is 4.79 Å². The Morgan fingerprint density at radius 1 is 1.40 bits per heavy atom. The summed E-state index contributed by atoms with van der Waals surface area (Å²) in [6.45, 7) is 2.30. The number of benzene rings is 1. The van der Waals surface area contributed by atoms with Crippen molar-refractivity contribution in [2.24, 2.45) is 0 Å². The second-order valence-electron chi connectivity index (χ2n) is 5.51. The van der Waals surface area contributed by atoms with E-state index in [1.165, 1.54) is 5.56 Å². The van der Waals surface area contributed by atoms with E-state index in [2.05, 4.69) is 22.8 Å². The van der Waals surface area contributed by atoms with Crippen LogP contribution >= 0.6 is 0 Å². The molecule has 20 heavy (non-hydrogen) atoms. The van der Waals surface area contributed by atoms with Crippen LogP contribution in [0.2, 0.25) is 0 Å². The van der Waals surface area contributed by atoms with Gasteiger partial charge in [-0.25, -0.2) is 0 Å². The first-order valence-corrected chi connectivity index (χ1v) is 7.29. The highest BCUT2D eigenvalue weighted by atomic mass is 16.5. The number of amides is 1. The number of carbonyl (C=O) groups is 1. The predicted molar refractivity (Wildman–Crippen MR) is 79.6 cm³/mol.